The fourth-order valence-electron chi connectivity index (χ4n) is 3.96. The molecule has 20 heavy (non-hydrogen) atoms. The Kier molecular flexibility index (Phi) is 3.00. The van der Waals surface area contributed by atoms with Gasteiger partial charge in [0.05, 0.1) is 23.9 Å². The van der Waals surface area contributed by atoms with E-state index in [0.29, 0.717) is 12.2 Å². The molecular formula is C17H23FO2. The number of ether oxygens (including phenoxy) is 2. The Morgan fingerprint density at radius 2 is 1.90 bits per heavy atom. The zero-order chi connectivity index (χ0) is 14.6. The van der Waals surface area contributed by atoms with Gasteiger partial charge >= 0.3 is 0 Å². The highest BCUT2D eigenvalue weighted by molar-refractivity contribution is 5.19. The van der Waals surface area contributed by atoms with Crippen LogP contribution >= 0.6 is 0 Å². The van der Waals surface area contributed by atoms with E-state index in [2.05, 4.69) is 27.7 Å². The van der Waals surface area contributed by atoms with E-state index in [1.165, 1.54) is 6.07 Å². The summed E-state index contributed by atoms with van der Waals surface area (Å²) in [5.41, 5.74) is 0.163. The summed E-state index contributed by atoms with van der Waals surface area (Å²) < 4.78 is 26.1. The molecule has 2 saturated heterocycles. The standard InChI is InChI=1S/C17H23FO2/c1-15(2)14(16(3)9-10-17(15,4)20-16)19-11-12-7-5-6-8-13(12)18/h5-8,14H,9-11H2,1-4H3. The van der Waals surface area contributed by atoms with Crippen LogP contribution < -0.4 is 0 Å². The van der Waals surface area contributed by atoms with Gasteiger partial charge in [-0.05, 0) is 32.8 Å². The van der Waals surface area contributed by atoms with E-state index in [9.17, 15) is 4.39 Å². The highest BCUT2D eigenvalue weighted by atomic mass is 19.1. The SMILES string of the molecule is CC12CCC(C)(O1)C(C)(C)C2OCc1ccccc1F. The molecule has 3 atom stereocenters. The van der Waals surface area contributed by atoms with E-state index in [-0.39, 0.29) is 28.5 Å². The van der Waals surface area contributed by atoms with Crippen molar-refractivity contribution in [2.45, 2.75) is 64.4 Å². The van der Waals surface area contributed by atoms with Gasteiger partial charge in [-0.15, -0.1) is 0 Å². The quantitative estimate of drug-likeness (QED) is 0.829. The van der Waals surface area contributed by atoms with Crippen LogP contribution in [0.2, 0.25) is 0 Å². The van der Waals surface area contributed by atoms with Gasteiger partial charge in [0.25, 0.3) is 0 Å². The van der Waals surface area contributed by atoms with Gasteiger partial charge in [-0.1, -0.05) is 32.0 Å². The molecule has 2 heterocycles. The van der Waals surface area contributed by atoms with Crippen LogP contribution in [0.4, 0.5) is 4.39 Å². The first kappa shape index (κ1) is 14.0. The fourth-order valence-corrected chi connectivity index (χ4v) is 3.96. The smallest absolute Gasteiger partial charge is 0.128 e. The van der Waals surface area contributed by atoms with Crippen LogP contribution in [0, 0.1) is 11.2 Å². The normalized spacial score (nSPS) is 38.4. The van der Waals surface area contributed by atoms with Gasteiger partial charge in [-0.3, -0.25) is 0 Å². The molecule has 1 aromatic rings. The summed E-state index contributed by atoms with van der Waals surface area (Å²) in [5.74, 6) is -0.203. The van der Waals surface area contributed by atoms with Gasteiger partial charge in [0.2, 0.25) is 0 Å². The van der Waals surface area contributed by atoms with Crippen LogP contribution in [0.5, 0.6) is 0 Å². The summed E-state index contributed by atoms with van der Waals surface area (Å²) in [7, 11) is 0. The second kappa shape index (κ2) is 4.28. The average Bonchev–Trinajstić information content (AvgIpc) is 2.76. The van der Waals surface area contributed by atoms with Crippen LogP contribution in [0.15, 0.2) is 24.3 Å². The predicted molar refractivity (Wildman–Crippen MR) is 75.9 cm³/mol. The Bertz CT molecular complexity index is 527. The molecule has 1 aromatic carbocycles. The average molecular weight is 278 g/mol. The zero-order valence-electron chi connectivity index (χ0n) is 12.7. The summed E-state index contributed by atoms with van der Waals surface area (Å²) in [6.45, 7) is 8.99. The molecule has 0 radical (unpaired) electrons. The zero-order valence-corrected chi connectivity index (χ0v) is 12.7. The first-order valence-electron chi connectivity index (χ1n) is 7.34. The minimum atomic E-state index is -0.247. The fraction of sp³-hybridized carbons (Fsp3) is 0.647. The summed E-state index contributed by atoms with van der Waals surface area (Å²) in [6.07, 6.45) is 2.07. The lowest BCUT2D eigenvalue weighted by atomic mass is 9.64. The molecule has 2 bridgehead atoms. The molecule has 0 amide bonds. The minimum Gasteiger partial charge on any atom is -0.370 e. The van der Waals surface area contributed by atoms with E-state index in [4.69, 9.17) is 9.47 Å². The van der Waals surface area contributed by atoms with E-state index in [1.807, 2.05) is 6.07 Å². The number of hydrogen-bond acceptors (Lipinski definition) is 2. The molecule has 2 aliphatic heterocycles. The molecule has 3 heteroatoms. The maximum atomic E-state index is 13.7. The number of fused-ring (bicyclic) bond motifs is 2. The molecule has 0 aromatic heterocycles. The lowest BCUT2D eigenvalue weighted by Crippen LogP contribution is -2.50. The Balaban J connectivity index is 1.80. The Morgan fingerprint density at radius 3 is 2.50 bits per heavy atom. The second-order valence-corrected chi connectivity index (χ2v) is 7.15. The van der Waals surface area contributed by atoms with E-state index in [0.717, 1.165) is 12.8 Å². The Morgan fingerprint density at radius 1 is 1.20 bits per heavy atom. The Hall–Kier alpha value is -0.930. The lowest BCUT2D eigenvalue weighted by molar-refractivity contribution is -0.0899. The van der Waals surface area contributed by atoms with Crippen LogP contribution in [0.1, 0.15) is 46.1 Å². The largest absolute Gasteiger partial charge is 0.370 e. The summed E-state index contributed by atoms with van der Waals surface area (Å²) in [5, 5.41) is 0. The van der Waals surface area contributed by atoms with Crippen molar-refractivity contribution in [3.05, 3.63) is 35.6 Å². The van der Waals surface area contributed by atoms with Crippen LogP contribution in [0.25, 0.3) is 0 Å². The number of hydrogen-bond donors (Lipinski definition) is 0. The van der Waals surface area contributed by atoms with Gasteiger partial charge in [0.1, 0.15) is 5.82 Å². The predicted octanol–water partition coefficient (Wildman–Crippen LogP) is 4.08. The van der Waals surface area contributed by atoms with Crippen LogP contribution in [-0.4, -0.2) is 17.3 Å². The van der Waals surface area contributed by atoms with Crippen molar-refractivity contribution >= 4 is 0 Å². The number of halogens is 1. The van der Waals surface area contributed by atoms with Crippen molar-refractivity contribution in [2.75, 3.05) is 0 Å². The number of benzene rings is 1. The molecule has 3 rings (SSSR count). The summed E-state index contributed by atoms with van der Waals surface area (Å²) in [6, 6.07) is 6.80. The molecule has 2 aliphatic rings. The van der Waals surface area contributed by atoms with E-state index in [1.54, 1.807) is 12.1 Å². The third kappa shape index (κ3) is 1.83. The maximum absolute atomic E-state index is 13.7. The van der Waals surface area contributed by atoms with Gasteiger partial charge in [0.15, 0.2) is 0 Å². The lowest BCUT2D eigenvalue weighted by Gasteiger charge is -2.42. The Labute approximate surface area is 120 Å². The van der Waals surface area contributed by atoms with Crippen LogP contribution in [0.3, 0.4) is 0 Å². The number of rotatable bonds is 3. The highest BCUT2D eigenvalue weighted by Crippen LogP contribution is 2.61. The van der Waals surface area contributed by atoms with Gasteiger partial charge < -0.3 is 9.47 Å². The molecule has 0 saturated carbocycles. The summed E-state index contributed by atoms with van der Waals surface area (Å²) >= 11 is 0. The molecule has 0 N–H and O–H groups in total. The molecule has 0 spiro atoms. The van der Waals surface area contributed by atoms with E-state index >= 15 is 0 Å². The molecule has 110 valence electrons. The molecule has 0 aliphatic carbocycles. The topological polar surface area (TPSA) is 18.5 Å². The van der Waals surface area contributed by atoms with Gasteiger partial charge in [0, 0.05) is 11.0 Å². The van der Waals surface area contributed by atoms with Crippen LogP contribution in [-0.2, 0) is 16.1 Å². The van der Waals surface area contributed by atoms with Crippen molar-refractivity contribution in [3.63, 3.8) is 0 Å². The van der Waals surface area contributed by atoms with Gasteiger partial charge in [-0.2, -0.15) is 0 Å². The van der Waals surface area contributed by atoms with Crippen molar-refractivity contribution in [1.82, 2.24) is 0 Å². The molecular weight excluding hydrogens is 255 g/mol. The molecule has 2 nitrogen and oxygen atoms in total. The first-order chi connectivity index (χ1) is 9.29. The maximum Gasteiger partial charge on any atom is 0.128 e. The third-order valence-electron chi connectivity index (χ3n) is 5.49. The monoisotopic (exact) mass is 278 g/mol. The summed E-state index contributed by atoms with van der Waals surface area (Å²) in [4.78, 5) is 0. The van der Waals surface area contributed by atoms with Crippen molar-refractivity contribution < 1.29 is 13.9 Å². The second-order valence-electron chi connectivity index (χ2n) is 7.15. The first-order valence-corrected chi connectivity index (χ1v) is 7.34. The minimum absolute atomic E-state index is 0.00615. The molecule has 3 unspecified atom stereocenters. The highest BCUT2D eigenvalue weighted by Gasteiger charge is 2.68. The van der Waals surface area contributed by atoms with Gasteiger partial charge in [-0.25, -0.2) is 4.39 Å². The third-order valence-corrected chi connectivity index (χ3v) is 5.49. The molecule has 2 fully saturated rings. The van der Waals surface area contributed by atoms with Crippen molar-refractivity contribution in [2.24, 2.45) is 5.41 Å². The van der Waals surface area contributed by atoms with E-state index < -0.39 is 0 Å². The van der Waals surface area contributed by atoms with Crippen molar-refractivity contribution in [1.29, 1.82) is 0 Å². The van der Waals surface area contributed by atoms with Crippen molar-refractivity contribution in [3.8, 4) is 0 Å².